The van der Waals surface area contributed by atoms with E-state index in [9.17, 15) is 0 Å². The summed E-state index contributed by atoms with van der Waals surface area (Å²) in [5.41, 5.74) is 7.44. The van der Waals surface area contributed by atoms with Crippen molar-refractivity contribution in [2.45, 2.75) is 0 Å². The normalized spacial score (nSPS) is 11.9. The third-order valence-electron chi connectivity index (χ3n) is 9.43. The second-order valence-corrected chi connectivity index (χ2v) is 14.3. The van der Waals surface area contributed by atoms with E-state index in [-0.39, 0.29) is 0 Å². The quantitative estimate of drug-likeness (QED) is 0.185. The zero-order valence-electron chi connectivity index (χ0n) is 24.8. The summed E-state index contributed by atoms with van der Waals surface area (Å²) in [6.07, 6.45) is 0. The Balaban J connectivity index is 0.964. The van der Waals surface area contributed by atoms with Crippen LogP contribution in [0.25, 0.3) is 95.3 Å². The monoisotopic (exact) mass is 618 g/mol. The summed E-state index contributed by atoms with van der Waals surface area (Å²) in [7, 11) is 0. The Kier molecular flexibility index (Phi) is 5.72. The van der Waals surface area contributed by atoms with E-state index in [1.807, 2.05) is 22.7 Å². The van der Waals surface area contributed by atoms with Crippen molar-refractivity contribution in [3.8, 4) is 33.4 Å². The van der Waals surface area contributed by atoms with Crippen LogP contribution >= 0.6 is 22.7 Å². The first-order chi connectivity index (χ1) is 22.7. The van der Waals surface area contributed by atoms with Crippen LogP contribution in [0.2, 0.25) is 0 Å². The van der Waals surface area contributed by atoms with Crippen LogP contribution in [0.1, 0.15) is 0 Å². The van der Waals surface area contributed by atoms with Gasteiger partial charge in [0.15, 0.2) is 0 Å². The Hall–Kier alpha value is -5.28. The molecule has 0 amide bonds. The fourth-order valence-electron chi connectivity index (χ4n) is 6.95. The summed E-state index contributed by atoms with van der Waals surface area (Å²) in [5.74, 6) is 0. The van der Waals surface area contributed by atoms with E-state index in [4.69, 9.17) is 0 Å². The molecule has 0 fully saturated rings. The minimum atomic E-state index is 1.23. The second-order valence-electron chi connectivity index (χ2n) is 12.2. The Morgan fingerprint density at radius 2 is 0.609 bits per heavy atom. The van der Waals surface area contributed by atoms with E-state index < -0.39 is 0 Å². The molecule has 0 aliphatic heterocycles. The van der Waals surface area contributed by atoms with Gasteiger partial charge >= 0.3 is 0 Å². The summed E-state index contributed by atoms with van der Waals surface area (Å²) >= 11 is 3.86. The van der Waals surface area contributed by atoms with Crippen LogP contribution in [0.4, 0.5) is 0 Å². The van der Waals surface area contributed by atoms with Crippen molar-refractivity contribution in [1.29, 1.82) is 0 Å². The van der Waals surface area contributed by atoms with Crippen molar-refractivity contribution < 1.29 is 0 Å². The van der Waals surface area contributed by atoms with Gasteiger partial charge in [0.1, 0.15) is 0 Å². The Labute approximate surface area is 274 Å². The van der Waals surface area contributed by atoms with E-state index in [2.05, 4.69) is 158 Å². The Bertz CT molecular complexity index is 2780. The van der Waals surface area contributed by atoms with Gasteiger partial charge < -0.3 is 0 Å². The standard InChI is InChI=1S/C44H26S2/c1-2-6-32-21-35(18-17-27(32)5-1)30-13-9-28(10-14-30)29-11-15-31(16-12-29)36-19-20-37-24-40-42(26-38(37)22-36)46-43-39-23-33-7-3-4-8-34(33)25-41(39)45-44(40)43/h1-26H. The minimum Gasteiger partial charge on any atom is -0.134 e. The molecule has 10 rings (SSSR count). The van der Waals surface area contributed by atoms with Crippen LogP contribution in [0.3, 0.4) is 0 Å². The highest BCUT2D eigenvalue weighted by atomic mass is 32.1. The maximum Gasteiger partial charge on any atom is 0.0542 e. The molecule has 0 saturated heterocycles. The molecule has 0 nitrogen and oxygen atoms in total. The average Bonchev–Trinajstić information content (AvgIpc) is 3.64. The number of hydrogen-bond acceptors (Lipinski definition) is 2. The molecular weight excluding hydrogens is 593 g/mol. The summed E-state index contributed by atoms with van der Waals surface area (Å²) in [6, 6.07) is 58.3. The third kappa shape index (κ3) is 4.19. The Morgan fingerprint density at radius 1 is 0.261 bits per heavy atom. The number of rotatable bonds is 3. The molecule has 0 aliphatic rings. The smallest absolute Gasteiger partial charge is 0.0542 e. The van der Waals surface area contributed by atoms with Gasteiger partial charge in [-0.25, -0.2) is 0 Å². The molecule has 0 spiro atoms. The van der Waals surface area contributed by atoms with Gasteiger partial charge in [-0.2, -0.15) is 0 Å². The lowest BCUT2D eigenvalue weighted by molar-refractivity contribution is 1.59. The number of hydrogen-bond donors (Lipinski definition) is 0. The molecule has 0 unspecified atom stereocenters. The number of fused-ring (bicyclic) bond motifs is 8. The predicted octanol–water partition coefficient (Wildman–Crippen LogP) is 13.7. The summed E-state index contributed by atoms with van der Waals surface area (Å²) in [4.78, 5) is 0. The van der Waals surface area contributed by atoms with E-state index >= 15 is 0 Å². The number of thiophene rings is 2. The maximum atomic E-state index is 2.40. The van der Waals surface area contributed by atoms with E-state index in [0.717, 1.165) is 0 Å². The zero-order valence-corrected chi connectivity index (χ0v) is 26.5. The Morgan fingerprint density at radius 3 is 1.15 bits per heavy atom. The van der Waals surface area contributed by atoms with Crippen LogP contribution in [0.15, 0.2) is 158 Å². The molecule has 0 saturated carbocycles. The fraction of sp³-hybridized carbons (Fsp3) is 0. The van der Waals surface area contributed by atoms with Crippen LogP contribution in [0, 0.1) is 0 Å². The largest absolute Gasteiger partial charge is 0.134 e. The molecule has 214 valence electrons. The van der Waals surface area contributed by atoms with E-state index in [1.165, 1.54) is 95.3 Å². The van der Waals surface area contributed by atoms with Gasteiger partial charge in [0.05, 0.1) is 9.40 Å². The van der Waals surface area contributed by atoms with Gasteiger partial charge in [0.25, 0.3) is 0 Å². The van der Waals surface area contributed by atoms with Crippen molar-refractivity contribution in [2.24, 2.45) is 0 Å². The SMILES string of the molecule is c1ccc2cc(-c3ccc(-c4ccc(-c5ccc6cc7c(cc6c5)sc5c6cc8ccccc8cc6sc75)cc4)cc3)ccc2c1. The van der Waals surface area contributed by atoms with E-state index in [0.29, 0.717) is 0 Å². The average molecular weight is 619 g/mol. The van der Waals surface area contributed by atoms with Crippen molar-refractivity contribution >= 4 is 84.6 Å². The van der Waals surface area contributed by atoms with Crippen molar-refractivity contribution in [1.82, 2.24) is 0 Å². The summed E-state index contributed by atoms with van der Waals surface area (Å²) in [6.45, 7) is 0. The van der Waals surface area contributed by atoms with Crippen molar-refractivity contribution in [3.63, 3.8) is 0 Å². The maximum absolute atomic E-state index is 2.40. The topological polar surface area (TPSA) is 0 Å². The molecule has 0 radical (unpaired) electrons. The van der Waals surface area contributed by atoms with E-state index in [1.54, 1.807) is 0 Å². The first-order valence-electron chi connectivity index (χ1n) is 15.6. The van der Waals surface area contributed by atoms with Crippen LogP contribution in [-0.2, 0) is 0 Å². The van der Waals surface area contributed by atoms with Crippen molar-refractivity contribution in [2.75, 3.05) is 0 Å². The van der Waals surface area contributed by atoms with Crippen molar-refractivity contribution in [3.05, 3.63) is 158 Å². The lowest BCUT2D eigenvalue weighted by Gasteiger charge is -2.08. The molecule has 0 aliphatic carbocycles. The van der Waals surface area contributed by atoms with Gasteiger partial charge in [-0.1, -0.05) is 121 Å². The highest BCUT2D eigenvalue weighted by Crippen LogP contribution is 2.46. The first kappa shape index (κ1) is 26.0. The molecule has 0 bridgehead atoms. The number of benzene rings is 8. The predicted molar refractivity (Wildman–Crippen MR) is 204 cm³/mol. The molecule has 46 heavy (non-hydrogen) atoms. The van der Waals surface area contributed by atoms with Gasteiger partial charge in [-0.15, -0.1) is 22.7 Å². The van der Waals surface area contributed by atoms with Crippen LogP contribution in [0.5, 0.6) is 0 Å². The lowest BCUT2D eigenvalue weighted by atomic mass is 9.96. The molecule has 10 aromatic rings. The molecule has 2 heteroatoms. The van der Waals surface area contributed by atoms with Gasteiger partial charge in [-0.3, -0.25) is 0 Å². The molecule has 0 N–H and O–H groups in total. The molecule has 2 aromatic heterocycles. The van der Waals surface area contributed by atoms with Gasteiger partial charge in [-0.05, 0) is 102 Å². The fourth-order valence-corrected chi connectivity index (χ4v) is 9.64. The van der Waals surface area contributed by atoms with Crippen LogP contribution < -0.4 is 0 Å². The van der Waals surface area contributed by atoms with Gasteiger partial charge in [0.2, 0.25) is 0 Å². The summed E-state index contributed by atoms with van der Waals surface area (Å²) in [5, 5.41) is 10.5. The minimum absolute atomic E-state index is 1.23. The molecule has 2 heterocycles. The highest BCUT2D eigenvalue weighted by molar-refractivity contribution is 7.36. The zero-order chi connectivity index (χ0) is 30.2. The lowest BCUT2D eigenvalue weighted by Crippen LogP contribution is -1.83. The third-order valence-corrected chi connectivity index (χ3v) is 11.9. The molecular formula is C44H26S2. The van der Waals surface area contributed by atoms with Crippen LogP contribution in [-0.4, -0.2) is 0 Å². The highest BCUT2D eigenvalue weighted by Gasteiger charge is 2.14. The second kappa shape index (κ2) is 10.1. The van der Waals surface area contributed by atoms with Gasteiger partial charge in [0, 0.05) is 20.2 Å². The summed E-state index contributed by atoms with van der Waals surface area (Å²) < 4.78 is 5.57. The molecule has 8 aromatic carbocycles. The first-order valence-corrected chi connectivity index (χ1v) is 17.3. The molecule has 0 atom stereocenters.